The van der Waals surface area contributed by atoms with Crippen molar-refractivity contribution >= 4 is 40.2 Å². The van der Waals surface area contributed by atoms with E-state index in [-0.39, 0.29) is 5.78 Å². The van der Waals surface area contributed by atoms with E-state index in [1.54, 1.807) is 13.1 Å². The Bertz CT molecular complexity index is 1190. The van der Waals surface area contributed by atoms with Crippen LogP contribution in [0.4, 0.5) is 11.4 Å². The molecule has 0 spiro atoms. The number of rotatable bonds is 5. The highest BCUT2D eigenvalue weighted by Crippen LogP contribution is 2.26. The van der Waals surface area contributed by atoms with Crippen molar-refractivity contribution in [3.05, 3.63) is 83.3 Å². The number of hydrogen-bond donors (Lipinski definition) is 2. The first-order valence-corrected chi connectivity index (χ1v) is 9.06. The topological polar surface area (TPSA) is 70.7 Å². The monoisotopic (exact) mass is 368 g/mol. The number of H-pyrrole nitrogens is 1. The van der Waals surface area contributed by atoms with Crippen molar-refractivity contribution in [2.24, 2.45) is 0 Å². The minimum Gasteiger partial charge on any atom is -0.355 e. The van der Waals surface area contributed by atoms with E-state index < -0.39 is 0 Å². The molecular formula is C23H20N4O. The van der Waals surface area contributed by atoms with Gasteiger partial charge >= 0.3 is 0 Å². The Morgan fingerprint density at radius 3 is 2.75 bits per heavy atom. The van der Waals surface area contributed by atoms with E-state index in [2.05, 4.69) is 20.5 Å². The van der Waals surface area contributed by atoms with Crippen LogP contribution in [-0.4, -0.2) is 21.0 Å². The number of aromatic amines is 1. The number of Topliss-reactive ketones (excluding diaryl/α,β-unsaturated/α-hetero) is 1. The molecule has 5 heteroatoms. The number of fused-ring (bicyclic) bond motifs is 1. The van der Waals surface area contributed by atoms with Gasteiger partial charge in [0.05, 0.1) is 16.9 Å². The lowest BCUT2D eigenvalue weighted by Gasteiger charge is -2.10. The van der Waals surface area contributed by atoms with Crippen molar-refractivity contribution in [1.82, 2.24) is 15.2 Å². The number of carbonyl (C=O) groups excluding carboxylic acids is 1. The summed E-state index contributed by atoms with van der Waals surface area (Å²) in [4.78, 5) is 16.2. The van der Waals surface area contributed by atoms with Crippen LogP contribution in [0, 0.1) is 6.92 Å². The summed E-state index contributed by atoms with van der Waals surface area (Å²) in [6.45, 7) is 3.61. The lowest BCUT2D eigenvalue weighted by molar-refractivity contribution is 0.101. The smallest absolute Gasteiger partial charge is 0.161 e. The van der Waals surface area contributed by atoms with Crippen LogP contribution in [0.5, 0.6) is 0 Å². The minimum atomic E-state index is 0.0305. The third kappa shape index (κ3) is 3.69. The van der Waals surface area contributed by atoms with Gasteiger partial charge in [-0.25, -0.2) is 0 Å². The third-order valence-electron chi connectivity index (χ3n) is 4.53. The van der Waals surface area contributed by atoms with E-state index in [0.717, 1.165) is 33.7 Å². The average molecular weight is 368 g/mol. The molecule has 2 aromatic heterocycles. The summed E-state index contributed by atoms with van der Waals surface area (Å²) >= 11 is 0. The fourth-order valence-corrected chi connectivity index (χ4v) is 3.12. The van der Waals surface area contributed by atoms with Crippen molar-refractivity contribution in [2.75, 3.05) is 5.32 Å². The van der Waals surface area contributed by atoms with Crippen molar-refractivity contribution in [3.8, 4) is 0 Å². The molecule has 0 aliphatic carbocycles. The van der Waals surface area contributed by atoms with E-state index in [9.17, 15) is 4.79 Å². The summed E-state index contributed by atoms with van der Waals surface area (Å²) in [6.07, 6.45) is 5.71. The van der Waals surface area contributed by atoms with E-state index in [4.69, 9.17) is 0 Å². The molecule has 2 N–H and O–H groups in total. The van der Waals surface area contributed by atoms with Crippen LogP contribution in [-0.2, 0) is 0 Å². The van der Waals surface area contributed by atoms with Crippen molar-refractivity contribution in [3.63, 3.8) is 0 Å². The van der Waals surface area contributed by atoms with Gasteiger partial charge in [0, 0.05) is 28.5 Å². The molecule has 0 atom stereocenters. The Balaban J connectivity index is 1.61. The van der Waals surface area contributed by atoms with Crippen LogP contribution >= 0.6 is 0 Å². The largest absolute Gasteiger partial charge is 0.355 e. The molecule has 0 aliphatic heterocycles. The van der Waals surface area contributed by atoms with Gasteiger partial charge in [-0.15, -0.1) is 0 Å². The number of nitrogens with zero attached hydrogens (tertiary/aromatic N) is 2. The van der Waals surface area contributed by atoms with Crippen LogP contribution < -0.4 is 5.32 Å². The highest BCUT2D eigenvalue weighted by Gasteiger charge is 2.08. The van der Waals surface area contributed by atoms with Crippen LogP contribution in [0.15, 0.2) is 60.8 Å². The Kier molecular flexibility index (Phi) is 4.72. The van der Waals surface area contributed by atoms with Gasteiger partial charge in [-0.1, -0.05) is 12.1 Å². The molecule has 4 rings (SSSR count). The van der Waals surface area contributed by atoms with Gasteiger partial charge < -0.3 is 5.32 Å². The molecule has 28 heavy (non-hydrogen) atoms. The second-order valence-corrected chi connectivity index (χ2v) is 6.69. The summed E-state index contributed by atoms with van der Waals surface area (Å²) < 4.78 is 0. The number of aromatic nitrogens is 3. The van der Waals surface area contributed by atoms with Crippen LogP contribution in [0.25, 0.3) is 23.1 Å². The highest BCUT2D eigenvalue weighted by atomic mass is 16.1. The molecule has 2 heterocycles. The molecule has 4 aromatic rings. The lowest BCUT2D eigenvalue weighted by atomic mass is 10.1. The zero-order valence-corrected chi connectivity index (χ0v) is 15.7. The maximum Gasteiger partial charge on any atom is 0.161 e. The first-order chi connectivity index (χ1) is 13.6. The van der Waals surface area contributed by atoms with E-state index in [1.807, 2.05) is 73.7 Å². The maximum atomic E-state index is 11.8. The molecule has 0 unspecified atom stereocenters. The first-order valence-electron chi connectivity index (χ1n) is 9.06. The second kappa shape index (κ2) is 7.48. The van der Waals surface area contributed by atoms with Gasteiger partial charge in [0.25, 0.3) is 0 Å². The quantitative estimate of drug-likeness (QED) is 0.464. The fraction of sp³-hybridized carbons (Fsp3) is 0.0870. The van der Waals surface area contributed by atoms with Gasteiger partial charge in [-0.3, -0.25) is 14.9 Å². The van der Waals surface area contributed by atoms with Crippen LogP contribution in [0.3, 0.4) is 0 Å². The van der Waals surface area contributed by atoms with Gasteiger partial charge in [-0.05, 0) is 74.0 Å². The van der Waals surface area contributed by atoms with Crippen LogP contribution in [0.2, 0.25) is 0 Å². The van der Waals surface area contributed by atoms with E-state index in [0.29, 0.717) is 5.56 Å². The summed E-state index contributed by atoms with van der Waals surface area (Å²) in [6, 6.07) is 17.5. The molecule has 0 saturated heterocycles. The normalized spacial score (nSPS) is 11.2. The SMILES string of the molecule is CC(=O)c1ccccc1Nc1ccc2c(/C=C/c3cc(C)ccn3)n[nH]c2c1. The highest BCUT2D eigenvalue weighted by molar-refractivity contribution is 6.00. The summed E-state index contributed by atoms with van der Waals surface area (Å²) in [7, 11) is 0. The standard InChI is InChI=1S/C23H20N4O/c1-15-11-12-24-17(13-15)8-10-22-20-9-7-18(14-23(20)27-26-22)25-21-6-4-3-5-19(21)16(2)28/h3-14,25H,1-2H3,(H,26,27)/b10-8+. The molecular weight excluding hydrogens is 348 g/mol. The molecule has 0 amide bonds. The Morgan fingerprint density at radius 1 is 1.07 bits per heavy atom. The molecule has 0 fully saturated rings. The van der Waals surface area contributed by atoms with Crippen molar-refractivity contribution < 1.29 is 4.79 Å². The summed E-state index contributed by atoms with van der Waals surface area (Å²) in [5.74, 6) is 0.0305. The number of benzene rings is 2. The molecule has 0 saturated carbocycles. The first kappa shape index (κ1) is 17.7. The number of nitrogens with one attached hydrogen (secondary N) is 2. The van der Waals surface area contributed by atoms with E-state index in [1.165, 1.54) is 5.56 Å². The maximum absolute atomic E-state index is 11.8. The molecule has 138 valence electrons. The minimum absolute atomic E-state index is 0.0305. The van der Waals surface area contributed by atoms with E-state index >= 15 is 0 Å². The van der Waals surface area contributed by atoms with Crippen LogP contribution in [0.1, 0.15) is 34.2 Å². The fourth-order valence-electron chi connectivity index (χ4n) is 3.12. The number of anilines is 2. The molecule has 2 aromatic carbocycles. The predicted molar refractivity (Wildman–Crippen MR) is 114 cm³/mol. The summed E-state index contributed by atoms with van der Waals surface area (Å²) in [5, 5.41) is 11.8. The third-order valence-corrected chi connectivity index (χ3v) is 4.53. The number of aryl methyl sites for hydroxylation is 1. The Hall–Kier alpha value is -3.73. The average Bonchev–Trinajstić information content (AvgIpc) is 3.09. The Labute approximate surface area is 163 Å². The Morgan fingerprint density at radius 2 is 1.93 bits per heavy atom. The van der Waals surface area contributed by atoms with Crippen molar-refractivity contribution in [1.29, 1.82) is 0 Å². The van der Waals surface area contributed by atoms with Gasteiger partial charge in [0.2, 0.25) is 0 Å². The number of carbonyl (C=O) groups is 1. The van der Waals surface area contributed by atoms with Crippen molar-refractivity contribution in [2.45, 2.75) is 13.8 Å². The molecule has 0 radical (unpaired) electrons. The zero-order valence-electron chi connectivity index (χ0n) is 15.7. The number of para-hydroxylation sites is 1. The van der Waals surface area contributed by atoms with Gasteiger partial charge in [0.1, 0.15) is 0 Å². The number of hydrogen-bond acceptors (Lipinski definition) is 4. The lowest BCUT2D eigenvalue weighted by Crippen LogP contribution is -1.99. The molecule has 5 nitrogen and oxygen atoms in total. The van der Waals surface area contributed by atoms with Gasteiger partial charge in [-0.2, -0.15) is 5.10 Å². The predicted octanol–water partition coefficient (Wildman–Crippen LogP) is 5.38. The summed E-state index contributed by atoms with van der Waals surface area (Å²) in [5.41, 5.74) is 6.19. The number of ketones is 1. The second-order valence-electron chi connectivity index (χ2n) is 6.69. The van der Waals surface area contributed by atoms with Gasteiger partial charge in [0.15, 0.2) is 5.78 Å². The zero-order chi connectivity index (χ0) is 19.5. The molecule has 0 bridgehead atoms. The number of pyridine rings is 1. The molecule has 0 aliphatic rings.